The molecule has 2 rings (SSSR count). The van der Waals surface area contributed by atoms with Gasteiger partial charge in [-0.3, -0.25) is 0 Å². The van der Waals surface area contributed by atoms with Gasteiger partial charge in [0.15, 0.2) is 5.76 Å². The average molecular weight is 285 g/mol. The van der Waals surface area contributed by atoms with E-state index in [-0.39, 0.29) is 12.2 Å². The number of nitrogens with two attached hydrogens (primary N) is 1. The van der Waals surface area contributed by atoms with Crippen LogP contribution in [0.15, 0.2) is 33.7 Å². The number of hydrogen-bond donors (Lipinski definition) is 2. The Kier molecular flexibility index (Phi) is 3.54. The molecule has 0 saturated heterocycles. The van der Waals surface area contributed by atoms with Gasteiger partial charge >= 0.3 is 0 Å². The van der Waals surface area contributed by atoms with Crippen LogP contribution in [0.2, 0.25) is 0 Å². The van der Waals surface area contributed by atoms with Crippen molar-refractivity contribution in [3.8, 4) is 0 Å². The van der Waals surface area contributed by atoms with E-state index < -0.39 is 20.7 Å². The van der Waals surface area contributed by atoms with Crippen LogP contribution in [0.4, 0.5) is 10.1 Å². The molecule has 1 aromatic carbocycles. The fraction of sp³-hybridized carbons (Fsp3) is 0.182. The zero-order chi connectivity index (χ0) is 14.0. The second-order valence-corrected chi connectivity index (χ2v) is 5.68. The van der Waals surface area contributed by atoms with Crippen molar-refractivity contribution >= 4 is 15.7 Å². The molecule has 0 atom stereocenters. The highest BCUT2D eigenvalue weighted by Gasteiger charge is 2.19. The lowest BCUT2D eigenvalue weighted by atomic mass is 10.3. The van der Waals surface area contributed by atoms with Crippen LogP contribution in [0, 0.1) is 12.7 Å². The summed E-state index contributed by atoms with van der Waals surface area (Å²) in [4.78, 5) is -0.460. The number of anilines is 1. The number of benzene rings is 1. The molecular formula is C11H12FN3O3S. The summed E-state index contributed by atoms with van der Waals surface area (Å²) in [5.41, 5.74) is 6.15. The van der Waals surface area contributed by atoms with Crippen molar-refractivity contribution in [1.82, 2.24) is 9.88 Å². The predicted octanol–water partition coefficient (Wildman–Crippen LogP) is 1.18. The molecule has 0 fully saturated rings. The number of aryl methyl sites for hydroxylation is 1. The van der Waals surface area contributed by atoms with Crippen molar-refractivity contribution in [3.05, 3.63) is 41.5 Å². The van der Waals surface area contributed by atoms with Gasteiger partial charge in [0.1, 0.15) is 10.7 Å². The number of hydrogen-bond acceptors (Lipinski definition) is 5. The van der Waals surface area contributed by atoms with E-state index in [1.54, 1.807) is 13.0 Å². The van der Waals surface area contributed by atoms with Gasteiger partial charge in [-0.05, 0) is 25.1 Å². The molecule has 0 bridgehead atoms. The van der Waals surface area contributed by atoms with Crippen molar-refractivity contribution < 1.29 is 17.3 Å². The maximum atomic E-state index is 13.5. The quantitative estimate of drug-likeness (QED) is 0.822. The summed E-state index contributed by atoms with van der Waals surface area (Å²) in [5, 5.41) is 3.62. The minimum atomic E-state index is -3.96. The van der Waals surface area contributed by atoms with Crippen LogP contribution >= 0.6 is 0 Å². The Balaban J connectivity index is 2.18. The van der Waals surface area contributed by atoms with Crippen LogP contribution in [-0.4, -0.2) is 13.6 Å². The standard InChI is InChI=1S/C11H12FN3O3S/c1-7-4-9(18-15-7)6-14-19(16,17)11-3-2-8(13)5-10(11)12/h2-5,14H,6,13H2,1H3. The maximum absolute atomic E-state index is 13.5. The highest BCUT2D eigenvalue weighted by atomic mass is 32.2. The normalized spacial score (nSPS) is 11.7. The van der Waals surface area contributed by atoms with Crippen LogP contribution in [-0.2, 0) is 16.6 Å². The number of rotatable bonds is 4. The number of halogens is 1. The van der Waals surface area contributed by atoms with Gasteiger partial charge in [-0.1, -0.05) is 5.16 Å². The Morgan fingerprint density at radius 3 is 2.74 bits per heavy atom. The highest BCUT2D eigenvalue weighted by Crippen LogP contribution is 2.17. The molecule has 0 aliphatic heterocycles. The summed E-state index contributed by atoms with van der Waals surface area (Å²) < 4.78 is 44.4. The van der Waals surface area contributed by atoms with Crippen molar-refractivity contribution in [3.63, 3.8) is 0 Å². The molecular weight excluding hydrogens is 273 g/mol. The van der Waals surface area contributed by atoms with Gasteiger partial charge < -0.3 is 10.3 Å². The van der Waals surface area contributed by atoms with E-state index in [1.807, 2.05) is 0 Å². The van der Waals surface area contributed by atoms with Gasteiger partial charge in [-0.15, -0.1) is 0 Å². The van der Waals surface area contributed by atoms with Gasteiger partial charge in [0.25, 0.3) is 0 Å². The number of nitrogens with zero attached hydrogens (tertiary/aromatic N) is 1. The molecule has 2 aromatic rings. The van der Waals surface area contributed by atoms with Crippen LogP contribution in [0.1, 0.15) is 11.5 Å². The second-order valence-electron chi connectivity index (χ2n) is 3.95. The van der Waals surface area contributed by atoms with Gasteiger partial charge in [-0.2, -0.15) is 0 Å². The number of nitrogen functional groups attached to an aromatic ring is 1. The highest BCUT2D eigenvalue weighted by molar-refractivity contribution is 7.89. The molecule has 3 N–H and O–H groups in total. The first kappa shape index (κ1) is 13.5. The first-order chi connectivity index (χ1) is 8.88. The van der Waals surface area contributed by atoms with Crippen LogP contribution in [0.3, 0.4) is 0 Å². The van der Waals surface area contributed by atoms with E-state index in [9.17, 15) is 12.8 Å². The molecule has 102 valence electrons. The summed E-state index contributed by atoms with van der Waals surface area (Å²) in [6.45, 7) is 1.61. The lowest BCUT2D eigenvalue weighted by molar-refractivity contribution is 0.377. The zero-order valence-electron chi connectivity index (χ0n) is 10.1. The van der Waals surface area contributed by atoms with Gasteiger partial charge in [-0.25, -0.2) is 17.5 Å². The number of aromatic nitrogens is 1. The van der Waals surface area contributed by atoms with Crippen molar-refractivity contribution in [1.29, 1.82) is 0 Å². The third-order valence-corrected chi connectivity index (χ3v) is 3.79. The Labute approximate surface area is 109 Å². The zero-order valence-corrected chi connectivity index (χ0v) is 10.9. The Hall–Kier alpha value is -1.93. The topological polar surface area (TPSA) is 98.2 Å². The molecule has 0 saturated carbocycles. The smallest absolute Gasteiger partial charge is 0.243 e. The number of sulfonamides is 1. The van der Waals surface area contributed by atoms with E-state index in [0.29, 0.717) is 11.5 Å². The minimum absolute atomic E-state index is 0.104. The van der Waals surface area contributed by atoms with E-state index in [2.05, 4.69) is 9.88 Å². The second kappa shape index (κ2) is 4.98. The van der Waals surface area contributed by atoms with E-state index in [1.165, 1.54) is 6.07 Å². The third-order valence-electron chi connectivity index (χ3n) is 2.36. The van der Waals surface area contributed by atoms with Crippen molar-refractivity contribution in [2.45, 2.75) is 18.4 Å². The average Bonchev–Trinajstić information content (AvgIpc) is 2.72. The molecule has 19 heavy (non-hydrogen) atoms. The van der Waals surface area contributed by atoms with E-state index in [4.69, 9.17) is 10.3 Å². The molecule has 1 aromatic heterocycles. The Morgan fingerprint density at radius 1 is 1.42 bits per heavy atom. The lowest BCUT2D eigenvalue weighted by Gasteiger charge is -2.06. The van der Waals surface area contributed by atoms with Gasteiger partial charge in [0.05, 0.1) is 12.2 Å². The minimum Gasteiger partial charge on any atom is -0.399 e. The fourth-order valence-electron chi connectivity index (χ4n) is 1.48. The molecule has 0 aliphatic carbocycles. The Bertz CT molecular complexity index is 697. The molecule has 0 amide bonds. The van der Waals surface area contributed by atoms with E-state index >= 15 is 0 Å². The summed E-state index contributed by atoms with van der Waals surface area (Å²) >= 11 is 0. The van der Waals surface area contributed by atoms with Crippen LogP contribution in [0.25, 0.3) is 0 Å². The SMILES string of the molecule is Cc1cc(CNS(=O)(=O)c2ccc(N)cc2F)on1. The summed E-state index contributed by atoms with van der Waals surface area (Å²) in [5.74, 6) is -0.557. The molecule has 0 aliphatic rings. The molecule has 0 radical (unpaired) electrons. The van der Waals surface area contributed by atoms with E-state index in [0.717, 1.165) is 12.1 Å². The Morgan fingerprint density at radius 2 is 2.16 bits per heavy atom. The largest absolute Gasteiger partial charge is 0.399 e. The molecule has 0 unspecified atom stereocenters. The third kappa shape index (κ3) is 3.09. The lowest BCUT2D eigenvalue weighted by Crippen LogP contribution is -2.24. The molecule has 0 spiro atoms. The first-order valence-corrected chi connectivity index (χ1v) is 6.84. The fourth-order valence-corrected chi connectivity index (χ4v) is 2.53. The summed E-state index contributed by atoms with van der Waals surface area (Å²) in [6.07, 6.45) is 0. The van der Waals surface area contributed by atoms with Crippen LogP contribution < -0.4 is 10.5 Å². The van der Waals surface area contributed by atoms with Crippen molar-refractivity contribution in [2.75, 3.05) is 5.73 Å². The number of nitrogens with one attached hydrogen (secondary N) is 1. The van der Waals surface area contributed by atoms with Gasteiger partial charge in [0.2, 0.25) is 10.0 Å². The van der Waals surface area contributed by atoms with Crippen molar-refractivity contribution in [2.24, 2.45) is 0 Å². The maximum Gasteiger partial charge on any atom is 0.243 e. The monoisotopic (exact) mass is 285 g/mol. The van der Waals surface area contributed by atoms with Crippen LogP contribution in [0.5, 0.6) is 0 Å². The molecule has 6 nitrogen and oxygen atoms in total. The van der Waals surface area contributed by atoms with Gasteiger partial charge in [0, 0.05) is 11.8 Å². The first-order valence-electron chi connectivity index (χ1n) is 5.35. The summed E-state index contributed by atoms with van der Waals surface area (Å²) in [7, 11) is -3.96. The molecule has 1 heterocycles. The predicted molar refractivity (Wildman–Crippen MR) is 66.1 cm³/mol. The summed E-state index contributed by atoms with van der Waals surface area (Å²) in [6, 6.07) is 4.96. The molecule has 8 heteroatoms.